The van der Waals surface area contributed by atoms with Gasteiger partial charge in [0.1, 0.15) is 0 Å². The molecular weight excluding hydrogens is 412 g/mol. The maximum Gasteiger partial charge on any atom is 0.407 e. The molecule has 6 nitrogen and oxygen atoms in total. The third kappa shape index (κ3) is 3.96. The zero-order valence-corrected chi connectivity index (χ0v) is 17.7. The maximum atomic E-state index is 13.7. The SMILES string of the molecule is O=C(O)N1CCN(C(=O)C(c2csc3ccc(Cl)cc23)C2(O)CCCCC2)CC1. The van der Waals surface area contributed by atoms with Gasteiger partial charge in [-0.05, 0) is 47.4 Å². The number of aliphatic hydroxyl groups is 1. The number of rotatable bonds is 3. The van der Waals surface area contributed by atoms with E-state index in [9.17, 15) is 19.8 Å². The Morgan fingerprint density at radius 3 is 2.38 bits per heavy atom. The van der Waals surface area contributed by atoms with Gasteiger partial charge in [0.2, 0.25) is 5.91 Å². The molecule has 1 saturated heterocycles. The molecule has 2 fully saturated rings. The van der Waals surface area contributed by atoms with Gasteiger partial charge in [0, 0.05) is 35.9 Å². The zero-order chi connectivity index (χ0) is 20.6. The van der Waals surface area contributed by atoms with Crippen LogP contribution in [0.15, 0.2) is 23.6 Å². The number of carbonyl (C=O) groups is 2. The fourth-order valence-corrected chi connectivity index (χ4v) is 5.79. The van der Waals surface area contributed by atoms with Crippen LogP contribution in [0.1, 0.15) is 43.6 Å². The lowest BCUT2D eigenvalue weighted by Crippen LogP contribution is -2.54. The summed E-state index contributed by atoms with van der Waals surface area (Å²) in [6, 6.07) is 5.66. The minimum Gasteiger partial charge on any atom is -0.465 e. The van der Waals surface area contributed by atoms with E-state index in [2.05, 4.69) is 0 Å². The largest absolute Gasteiger partial charge is 0.465 e. The Labute approximate surface area is 178 Å². The Morgan fingerprint density at radius 2 is 1.72 bits per heavy atom. The highest BCUT2D eigenvalue weighted by molar-refractivity contribution is 7.17. The number of carboxylic acid groups (broad SMARTS) is 1. The van der Waals surface area contributed by atoms with Crippen molar-refractivity contribution in [2.75, 3.05) is 26.2 Å². The lowest BCUT2D eigenvalue weighted by Gasteiger charge is -2.42. The van der Waals surface area contributed by atoms with Crippen LogP contribution in [0.3, 0.4) is 0 Å². The Hall–Kier alpha value is -1.83. The summed E-state index contributed by atoms with van der Waals surface area (Å²) in [5, 5.41) is 24.3. The Kier molecular flexibility index (Phi) is 5.73. The van der Waals surface area contributed by atoms with Crippen LogP contribution in [0.4, 0.5) is 4.79 Å². The number of carbonyl (C=O) groups excluding carboxylic acids is 1. The van der Waals surface area contributed by atoms with Gasteiger partial charge < -0.3 is 20.0 Å². The number of piperazine rings is 1. The summed E-state index contributed by atoms with van der Waals surface area (Å²) < 4.78 is 1.04. The number of thiophene rings is 1. The van der Waals surface area contributed by atoms with Crippen molar-refractivity contribution in [3.63, 3.8) is 0 Å². The topological polar surface area (TPSA) is 81.1 Å². The van der Waals surface area contributed by atoms with Crippen LogP contribution in [0.25, 0.3) is 10.1 Å². The van der Waals surface area contributed by atoms with E-state index in [0.29, 0.717) is 44.0 Å². The first-order valence-electron chi connectivity index (χ1n) is 10.0. The predicted molar refractivity (Wildman–Crippen MR) is 114 cm³/mol. The van der Waals surface area contributed by atoms with E-state index in [4.69, 9.17) is 11.6 Å². The fourth-order valence-electron chi connectivity index (χ4n) is 4.65. The lowest BCUT2D eigenvalue weighted by molar-refractivity contribution is -0.143. The second-order valence-electron chi connectivity index (χ2n) is 8.02. The van der Waals surface area contributed by atoms with Gasteiger partial charge in [0.25, 0.3) is 0 Å². The summed E-state index contributed by atoms with van der Waals surface area (Å²) in [6.45, 7) is 1.28. The number of hydrogen-bond acceptors (Lipinski definition) is 4. The smallest absolute Gasteiger partial charge is 0.407 e. The summed E-state index contributed by atoms with van der Waals surface area (Å²) >= 11 is 7.79. The van der Waals surface area contributed by atoms with Crippen molar-refractivity contribution in [1.82, 2.24) is 9.80 Å². The molecule has 0 bridgehead atoms. The van der Waals surface area contributed by atoms with Gasteiger partial charge in [-0.25, -0.2) is 4.79 Å². The van der Waals surface area contributed by atoms with E-state index in [1.807, 2.05) is 23.6 Å². The number of fused-ring (bicyclic) bond motifs is 1. The lowest BCUT2D eigenvalue weighted by atomic mass is 9.72. The quantitative estimate of drug-likeness (QED) is 0.757. The molecule has 4 rings (SSSR count). The molecule has 0 radical (unpaired) electrons. The van der Waals surface area contributed by atoms with E-state index in [-0.39, 0.29) is 5.91 Å². The standard InChI is InChI=1S/C21H25ClN2O4S/c22-14-4-5-17-15(12-14)16(13-29-17)18(21(28)6-2-1-3-7-21)19(25)23-8-10-24(11-9-23)20(26)27/h4-5,12-13,18,28H,1-3,6-11H2,(H,26,27). The van der Waals surface area contributed by atoms with Crippen molar-refractivity contribution in [3.8, 4) is 0 Å². The summed E-state index contributed by atoms with van der Waals surface area (Å²) in [6.07, 6.45) is 3.09. The van der Waals surface area contributed by atoms with Crippen molar-refractivity contribution in [2.45, 2.75) is 43.6 Å². The molecule has 1 atom stereocenters. The molecule has 1 aliphatic heterocycles. The molecule has 2 N–H and O–H groups in total. The van der Waals surface area contributed by atoms with Gasteiger partial charge in [0.05, 0.1) is 11.5 Å². The van der Waals surface area contributed by atoms with Crippen LogP contribution in [0.2, 0.25) is 5.02 Å². The molecule has 1 unspecified atom stereocenters. The van der Waals surface area contributed by atoms with Crippen LogP contribution < -0.4 is 0 Å². The van der Waals surface area contributed by atoms with E-state index >= 15 is 0 Å². The number of amides is 2. The molecule has 2 aliphatic rings. The first-order valence-corrected chi connectivity index (χ1v) is 11.3. The van der Waals surface area contributed by atoms with E-state index in [0.717, 1.165) is 34.9 Å². The van der Waals surface area contributed by atoms with Crippen molar-refractivity contribution >= 4 is 45.0 Å². The van der Waals surface area contributed by atoms with Crippen LogP contribution in [0, 0.1) is 0 Å². The maximum absolute atomic E-state index is 13.7. The van der Waals surface area contributed by atoms with Crippen molar-refractivity contribution < 1.29 is 19.8 Å². The van der Waals surface area contributed by atoms with Gasteiger partial charge >= 0.3 is 6.09 Å². The van der Waals surface area contributed by atoms with E-state index < -0.39 is 17.6 Å². The molecule has 156 valence electrons. The summed E-state index contributed by atoms with van der Waals surface area (Å²) in [5.41, 5.74) is -0.252. The average molecular weight is 437 g/mol. The normalized spacial score (nSPS) is 20.6. The van der Waals surface area contributed by atoms with E-state index in [1.165, 1.54) is 4.90 Å². The summed E-state index contributed by atoms with van der Waals surface area (Å²) in [4.78, 5) is 27.9. The average Bonchev–Trinajstić information content (AvgIpc) is 3.11. The van der Waals surface area contributed by atoms with Crippen molar-refractivity contribution in [1.29, 1.82) is 0 Å². The monoisotopic (exact) mass is 436 g/mol. The molecule has 1 saturated carbocycles. The molecule has 1 aromatic carbocycles. The second kappa shape index (κ2) is 8.13. The molecule has 2 amide bonds. The molecule has 29 heavy (non-hydrogen) atoms. The molecule has 2 aromatic rings. The minimum absolute atomic E-state index is 0.112. The van der Waals surface area contributed by atoms with Crippen LogP contribution in [-0.2, 0) is 4.79 Å². The zero-order valence-electron chi connectivity index (χ0n) is 16.1. The third-order valence-electron chi connectivity index (χ3n) is 6.24. The highest BCUT2D eigenvalue weighted by Crippen LogP contribution is 2.45. The first kappa shape index (κ1) is 20.4. The third-order valence-corrected chi connectivity index (χ3v) is 7.46. The Bertz CT molecular complexity index is 917. The highest BCUT2D eigenvalue weighted by atomic mass is 35.5. The molecule has 2 heterocycles. The first-order chi connectivity index (χ1) is 13.9. The molecule has 1 aliphatic carbocycles. The Morgan fingerprint density at radius 1 is 1.07 bits per heavy atom. The van der Waals surface area contributed by atoms with Crippen LogP contribution in [-0.4, -0.2) is 63.8 Å². The van der Waals surface area contributed by atoms with Gasteiger partial charge in [0.15, 0.2) is 0 Å². The minimum atomic E-state index is -1.09. The number of nitrogens with zero attached hydrogens (tertiary/aromatic N) is 2. The molecule has 1 aromatic heterocycles. The van der Waals surface area contributed by atoms with Gasteiger partial charge in [-0.15, -0.1) is 11.3 Å². The summed E-state index contributed by atoms with van der Waals surface area (Å²) in [7, 11) is 0. The predicted octanol–water partition coefficient (Wildman–Crippen LogP) is 4.16. The van der Waals surface area contributed by atoms with Crippen LogP contribution in [0.5, 0.6) is 0 Å². The van der Waals surface area contributed by atoms with E-state index in [1.54, 1.807) is 16.2 Å². The number of hydrogen-bond donors (Lipinski definition) is 2. The van der Waals surface area contributed by atoms with Crippen molar-refractivity contribution in [2.24, 2.45) is 0 Å². The molecule has 0 spiro atoms. The van der Waals surface area contributed by atoms with Gasteiger partial charge in [-0.1, -0.05) is 30.9 Å². The van der Waals surface area contributed by atoms with Crippen molar-refractivity contribution in [3.05, 3.63) is 34.2 Å². The number of benzene rings is 1. The van der Waals surface area contributed by atoms with Gasteiger partial charge in [-0.2, -0.15) is 0 Å². The highest BCUT2D eigenvalue weighted by Gasteiger charge is 2.46. The second-order valence-corrected chi connectivity index (χ2v) is 9.37. The van der Waals surface area contributed by atoms with Crippen LogP contribution >= 0.6 is 22.9 Å². The summed E-state index contributed by atoms with van der Waals surface area (Å²) in [5.74, 6) is -0.773. The molecular formula is C21H25ClN2O4S. The number of halogens is 1. The van der Waals surface area contributed by atoms with Gasteiger partial charge in [-0.3, -0.25) is 4.79 Å². The fraction of sp³-hybridized carbons (Fsp3) is 0.524. The Balaban J connectivity index is 1.70. The molecule has 8 heteroatoms.